The first-order valence-electron chi connectivity index (χ1n) is 7.78. The molecule has 0 N–H and O–H groups in total. The van der Waals surface area contributed by atoms with Crippen LogP contribution in [0.3, 0.4) is 0 Å². The first-order valence-corrected chi connectivity index (χ1v) is 7.78. The van der Waals surface area contributed by atoms with E-state index in [4.69, 9.17) is 4.74 Å². The van der Waals surface area contributed by atoms with Gasteiger partial charge in [0.15, 0.2) is 11.5 Å². The van der Waals surface area contributed by atoms with Crippen molar-refractivity contribution < 1.29 is 9.53 Å². The van der Waals surface area contributed by atoms with Gasteiger partial charge in [0.25, 0.3) is 0 Å². The molecule has 1 aromatic rings. The van der Waals surface area contributed by atoms with Crippen molar-refractivity contribution in [2.24, 2.45) is 5.92 Å². The summed E-state index contributed by atoms with van der Waals surface area (Å²) in [5, 5.41) is 4.29. The maximum atomic E-state index is 12.7. The summed E-state index contributed by atoms with van der Waals surface area (Å²) < 4.78 is 7.10. The third-order valence-corrected chi connectivity index (χ3v) is 4.18. The number of methoxy groups -OCH3 is 1. The Kier molecular flexibility index (Phi) is 5.21. The minimum absolute atomic E-state index is 0.173. The van der Waals surface area contributed by atoms with Crippen LogP contribution in [0.15, 0.2) is 6.20 Å². The predicted octanol–water partition coefficient (Wildman–Crippen LogP) is 4.02. The summed E-state index contributed by atoms with van der Waals surface area (Å²) >= 11 is 0. The summed E-state index contributed by atoms with van der Waals surface area (Å²) in [5.74, 6) is 1.32. The molecule has 4 nitrogen and oxygen atoms in total. The van der Waals surface area contributed by atoms with Crippen LogP contribution in [0, 0.1) is 5.92 Å². The molecule has 1 aromatic heterocycles. The van der Waals surface area contributed by atoms with E-state index in [1.165, 1.54) is 38.5 Å². The summed E-state index contributed by atoms with van der Waals surface area (Å²) in [5.41, 5.74) is 0.645. The van der Waals surface area contributed by atoms with E-state index in [1.54, 1.807) is 18.0 Å². The average molecular weight is 278 g/mol. The molecule has 20 heavy (non-hydrogen) atoms. The number of ketones is 1. The van der Waals surface area contributed by atoms with Crippen molar-refractivity contribution in [1.82, 2.24) is 9.78 Å². The lowest BCUT2D eigenvalue weighted by Gasteiger charge is -2.15. The Morgan fingerprint density at radius 1 is 1.35 bits per heavy atom. The van der Waals surface area contributed by atoms with Crippen LogP contribution >= 0.6 is 0 Å². The number of rotatable bonds is 5. The van der Waals surface area contributed by atoms with Gasteiger partial charge in [0.05, 0.1) is 13.3 Å². The van der Waals surface area contributed by atoms with Crippen LogP contribution in [-0.2, 0) is 0 Å². The van der Waals surface area contributed by atoms with Gasteiger partial charge in [0, 0.05) is 12.5 Å². The maximum Gasteiger partial charge on any atom is 0.184 e. The third-order valence-electron chi connectivity index (χ3n) is 4.18. The predicted molar refractivity (Wildman–Crippen MR) is 79.3 cm³/mol. The molecule has 0 atom stereocenters. The SMILES string of the molecule is COc1cnn(C(C)C)c1C(=O)CC1CCCCCC1. The van der Waals surface area contributed by atoms with Crippen molar-refractivity contribution in [1.29, 1.82) is 0 Å². The molecule has 1 saturated carbocycles. The molecule has 112 valence electrons. The Bertz CT molecular complexity index is 443. The topological polar surface area (TPSA) is 44.1 Å². The van der Waals surface area contributed by atoms with Gasteiger partial charge in [-0.1, -0.05) is 38.5 Å². The molecule has 0 aromatic carbocycles. The molecule has 0 unspecified atom stereocenters. The van der Waals surface area contributed by atoms with Crippen molar-refractivity contribution in [3.05, 3.63) is 11.9 Å². The fourth-order valence-electron chi connectivity index (χ4n) is 3.08. The second-order valence-electron chi connectivity index (χ2n) is 6.08. The molecule has 1 aliphatic carbocycles. The Morgan fingerprint density at radius 2 is 2.00 bits per heavy atom. The minimum atomic E-state index is 0.173. The van der Waals surface area contributed by atoms with Gasteiger partial charge in [0.1, 0.15) is 5.69 Å². The molecule has 0 bridgehead atoms. The lowest BCUT2D eigenvalue weighted by Crippen LogP contribution is -2.16. The van der Waals surface area contributed by atoms with E-state index in [0.29, 0.717) is 23.8 Å². The van der Waals surface area contributed by atoms with Crippen molar-refractivity contribution in [3.8, 4) is 5.75 Å². The van der Waals surface area contributed by atoms with Gasteiger partial charge in [-0.2, -0.15) is 5.10 Å². The van der Waals surface area contributed by atoms with Crippen LogP contribution in [-0.4, -0.2) is 22.7 Å². The minimum Gasteiger partial charge on any atom is -0.493 e. The summed E-state index contributed by atoms with van der Waals surface area (Å²) in [6.45, 7) is 4.07. The van der Waals surface area contributed by atoms with E-state index in [0.717, 1.165) is 0 Å². The normalized spacial score (nSPS) is 17.2. The lowest BCUT2D eigenvalue weighted by atomic mass is 9.93. The van der Waals surface area contributed by atoms with Crippen molar-refractivity contribution >= 4 is 5.78 Å². The number of carbonyl (C=O) groups is 1. The highest BCUT2D eigenvalue weighted by atomic mass is 16.5. The monoisotopic (exact) mass is 278 g/mol. The third kappa shape index (κ3) is 3.41. The molecule has 1 fully saturated rings. The van der Waals surface area contributed by atoms with E-state index in [2.05, 4.69) is 5.10 Å². The van der Waals surface area contributed by atoms with Crippen LogP contribution in [0.2, 0.25) is 0 Å². The van der Waals surface area contributed by atoms with E-state index < -0.39 is 0 Å². The van der Waals surface area contributed by atoms with E-state index >= 15 is 0 Å². The summed E-state index contributed by atoms with van der Waals surface area (Å²) in [6.07, 6.45) is 9.82. The quantitative estimate of drug-likeness (QED) is 0.603. The second kappa shape index (κ2) is 6.91. The molecular formula is C16H26N2O2. The van der Waals surface area contributed by atoms with E-state index in [1.807, 2.05) is 13.8 Å². The molecule has 1 aliphatic rings. The van der Waals surface area contributed by atoms with Crippen LogP contribution in [0.5, 0.6) is 5.75 Å². The van der Waals surface area contributed by atoms with Crippen molar-refractivity contribution in [2.75, 3.05) is 7.11 Å². The Balaban J connectivity index is 2.13. The molecule has 4 heteroatoms. The zero-order valence-electron chi connectivity index (χ0n) is 12.9. The number of hydrogen-bond donors (Lipinski definition) is 0. The summed E-state index contributed by atoms with van der Waals surface area (Å²) in [7, 11) is 1.60. The molecular weight excluding hydrogens is 252 g/mol. The number of nitrogens with zero attached hydrogens (tertiary/aromatic N) is 2. The number of hydrogen-bond acceptors (Lipinski definition) is 3. The largest absolute Gasteiger partial charge is 0.493 e. The Labute approximate surface area is 121 Å². The number of aromatic nitrogens is 2. The van der Waals surface area contributed by atoms with E-state index in [-0.39, 0.29) is 11.8 Å². The molecule has 0 amide bonds. The van der Waals surface area contributed by atoms with Gasteiger partial charge in [0.2, 0.25) is 0 Å². The smallest absolute Gasteiger partial charge is 0.184 e. The van der Waals surface area contributed by atoms with Crippen LogP contribution in [0.4, 0.5) is 0 Å². The van der Waals surface area contributed by atoms with E-state index in [9.17, 15) is 4.79 Å². The Hall–Kier alpha value is -1.32. The van der Waals surface area contributed by atoms with Gasteiger partial charge >= 0.3 is 0 Å². The van der Waals surface area contributed by atoms with Gasteiger partial charge in [-0.15, -0.1) is 0 Å². The molecule has 2 rings (SSSR count). The van der Waals surface area contributed by atoms with Gasteiger partial charge < -0.3 is 4.74 Å². The second-order valence-corrected chi connectivity index (χ2v) is 6.08. The maximum absolute atomic E-state index is 12.7. The zero-order valence-corrected chi connectivity index (χ0v) is 12.9. The highest BCUT2D eigenvalue weighted by molar-refractivity contribution is 5.97. The molecule has 0 radical (unpaired) electrons. The number of Topliss-reactive ketones (excluding diaryl/α,β-unsaturated/α-hetero) is 1. The zero-order chi connectivity index (χ0) is 14.5. The first-order chi connectivity index (χ1) is 9.63. The fourth-order valence-corrected chi connectivity index (χ4v) is 3.08. The highest BCUT2D eigenvalue weighted by Crippen LogP contribution is 2.29. The first kappa shape index (κ1) is 15.1. The van der Waals surface area contributed by atoms with Gasteiger partial charge in [-0.05, 0) is 19.8 Å². The van der Waals surface area contributed by atoms with Crippen molar-refractivity contribution in [2.45, 2.75) is 64.8 Å². The number of carbonyl (C=O) groups excluding carboxylic acids is 1. The summed E-state index contributed by atoms with van der Waals surface area (Å²) in [4.78, 5) is 12.7. The standard InChI is InChI=1S/C16H26N2O2/c1-12(2)18-16(15(20-3)11-17-18)14(19)10-13-8-6-4-5-7-9-13/h11-13H,4-10H2,1-3H3. The van der Waals surface area contributed by atoms with Crippen LogP contribution in [0.1, 0.15) is 75.3 Å². The van der Waals surface area contributed by atoms with Gasteiger partial charge in [-0.3, -0.25) is 9.48 Å². The lowest BCUT2D eigenvalue weighted by molar-refractivity contribution is 0.0941. The summed E-state index contributed by atoms with van der Waals surface area (Å²) in [6, 6.07) is 0.173. The average Bonchev–Trinajstić information content (AvgIpc) is 2.70. The molecule has 0 spiro atoms. The van der Waals surface area contributed by atoms with Crippen LogP contribution < -0.4 is 4.74 Å². The molecule has 1 heterocycles. The van der Waals surface area contributed by atoms with Gasteiger partial charge in [-0.25, -0.2) is 0 Å². The molecule has 0 saturated heterocycles. The van der Waals surface area contributed by atoms with Crippen LogP contribution in [0.25, 0.3) is 0 Å². The number of ether oxygens (including phenoxy) is 1. The highest BCUT2D eigenvalue weighted by Gasteiger charge is 2.24. The Morgan fingerprint density at radius 3 is 2.55 bits per heavy atom. The molecule has 0 aliphatic heterocycles. The van der Waals surface area contributed by atoms with Crippen molar-refractivity contribution in [3.63, 3.8) is 0 Å². The fraction of sp³-hybridized carbons (Fsp3) is 0.750.